The van der Waals surface area contributed by atoms with Gasteiger partial charge in [-0.25, -0.2) is 0 Å². The molecule has 0 bridgehead atoms. The molecule has 1 amide bonds. The second kappa shape index (κ2) is 7.86. The number of nitrogens with two attached hydrogens (primary N) is 1. The molecular formula is C13H25N5O2. The Morgan fingerprint density at radius 1 is 1.50 bits per heavy atom. The van der Waals surface area contributed by atoms with Gasteiger partial charge >= 0.3 is 0 Å². The van der Waals surface area contributed by atoms with Crippen molar-refractivity contribution in [3.63, 3.8) is 0 Å². The number of hydrogen-bond donors (Lipinski definition) is 2. The number of nitrogens with one attached hydrogen (secondary N) is 1. The van der Waals surface area contributed by atoms with Crippen LogP contribution in [0.2, 0.25) is 0 Å². The predicted molar refractivity (Wildman–Crippen MR) is 78.8 cm³/mol. The van der Waals surface area contributed by atoms with Gasteiger partial charge in [0.25, 0.3) is 5.91 Å². The van der Waals surface area contributed by atoms with E-state index in [1.54, 1.807) is 18.7 Å². The van der Waals surface area contributed by atoms with E-state index in [1.165, 1.54) is 0 Å². The average Bonchev–Trinajstić information content (AvgIpc) is 2.71. The van der Waals surface area contributed by atoms with E-state index >= 15 is 0 Å². The number of amides is 1. The molecule has 7 nitrogen and oxygen atoms in total. The molecule has 0 unspecified atom stereocenters. The minimum absolute atomic E-state index is 0.176. The molecule has 1 aromatic rings. The zero-order chi connectivity index (χ0) is 15.1. The van der Waals surface area contributed by atoms with E-state index in [4.69, 9.17) is 10.5 Å². The van der Waals surface area contributed by atoms with Crippen molar-refractivity contribution < 1.29 is 9.53 Å². The van der Waals surface area contributed by atoms with Crippen molar-refractivity contribution in [2.75, 3.05) is 46.1 Å². The third-order valence-corrected chi connectivity index (χ3v) is 3.14. The third kappa shape index (κ3) is 4.21. The molecule has 0 radical (unpaired) electrons. The fraction of sp³-hybridized carbons (Fsp3) is 0.692. The molecule has 0 aliphatic rings. The van der Waals surface area contributed by atoms with Crippen LogP contribution in [0.15, 0.2) is 0 Å². The molecule has 0 aliphatic heterocycles. The molecule has 0 saturated heterocycles. The molecule has 0 spiro atoms. The summed E-state index contributed by atoms with van der Waals surface area (Å²) < 4.78 is 6.63. The van der Waals surface area contributed by atoms with Crippen LogP contribution in [-0.2, 0) is 11.3 Å². The molecule has 1 heterocycles. The molecule has 7 heteroatoms. The number of ether oxygens (including phenoxy) is 1. The van der Waals surface area contributed by atoms with Gasteiger partial charge in [0, 0.05) is 33.3 Å². The highest BCUT2D eigenvalue weighted by atomic mass is 16.5. The van der Waals surface area contributed by atoms with Crippen LogP contribution in [0.5, 0.6) is 0 Å². The Labute approximate surface area is 120 Å². The van der Waals surface area contributed by atoms with E-state index in [1.807, 2.05) is 14.0 Å². The molecule has 3 N–H and O–H groups in total. The molecule has 0 saturated carbocycles. The lowest BCUT2D eigenvalue weighted by atomic mass is 10.3. The van der Waals surface area contributed by atoms with Gasteiger partial charge in [0.05, 0.1) is 18.0 Å². The Hall–Kier alpha value is -1.60. The molecule has 0 atom stereocenters. The van der Waals surface area contributed by atoms with E-state index in [-0.39, 0.29) is 5.91 Å². The normalized spacial score (nSPS) is 11.1. The van der Waals surface area contributed by atoms with Crippen LogP contribution in [0, 0.1) is 6.92 Å². The van der Waals surface area contributed by atoms with Crippen LogP contribution in [0.25, 0.3) is 0 Å². The van der Waals surface area contributed by atoms with E-state index in [0.29, 0.717) is 36.8 Å². The first-order chi connectivity index (χ1) is 9.51. The van der Waals surface area contributed by atoms with Crippen molar-refractivity contribution in [2.45, 2.75) is 20.4 Å². The van der Waals surface area contributed by atoms with Crippen molar-refractivity contribution in [1.82, 2.24) is 20.0 Å². The number of aryl methyl sites for hydroxylation is 2. The summed E-state index contributed by atoms with van der Waals surface area (Å²) in [6.07, 6.45) is 0. The van der Waals surface area contributed by atoms with Gasteiger partial charge in [0.2, 0.25) is 0 Å². The fourth-order valence-electron chi connectivity index (χ4n) is 1.87. The minimum atomic E-state index is -0.176. The highest BCUT2D eigenvalue weighted by Gasteiger charge is 2.18. The smallest absolute Gasteiger partial charge is 0.271 e. The molecule has 0 aromatic carbocycles. The Balaban J connectivity index is 2.51. The fourth-order valence-corrected chi connectivity index (χ4v) is 1.87. The Kier molecular flexibility index (Phi) is 6.47. The van der Waals surface area contributed by atoms with E-state index in [0.717, 1.165) is 13.1 Å². The second-order valence-electron chi connectivity index (χ2n) is 4.72. The van der Waals surface area contributed by atoms with Crippen molar-refractivity contribution in [1.29, 1.82) is 0 Å². The Morgan fingerprint density at radius 2 is 2.20 bits per heavy atom. The van der Waals surface area contributed by atoms with Crippen molar-refractivity contribution in [2.24, 2.45) is 0 Å². The van der Waals surface area contributed by atoms with Crippen LogP contribution in [-0.4, -0.2) is 61.0 Å². The minimum Gasteiger partial charge on any atom is -0.395 e. The first-order valence-electron chi connectivity index (χ1n) is 6.79. The van der Waals surface area contributed by atoms with Crippen LogP contribution in [0.1, 0.15) is 23.1 Å². The summed E-state index contributed by atoms with van der Waals surface area (Å²) in [6.45, 7) is 7.19. The van der Waals surface area contributed by atoms with Gasteiger partial charge in [-0.05, 0) is 20.9 Å². The molecular weight excluding hydrogens is 258 g/mol. The van der Waals surface area contributed by atoms with Crippen LogP contribution >= 0.6 is 0 Å². The van der Waals surface area contributed by atoms with Crippen molar-refractivity contribution in [3.05, 3.63) is 11.4 Å². The molecule has 20 heavy (non-hydrogen) atoms. The predicted octanol–water partition coefficient (Wildman–Crippen LogP) is 0.102. The number of likely N-dealkylation sites (N-methyl/N-ethyl adjacent to an activating group) is 1. The first-order valence-corrected chi connectivity index (χ1v) is 6.79. The quantitative estimate of drug-likeness (QED) is 0.707. The van der Waals surface area contributed by atoms with Crippen molar-refractivity contribution in [3.8, 4) is 0 Å². The largest absolute Gasteiger partial charge is 0.395 e. The second-order valence-corrected chi connectivity index (χ2v) is 4.72. The maximum absolute atomic E-state index is 12.2. The maximum Gasteiger partial charge on any atom is 0.271 e. The Bertz CT molecular complexity index is 444. The van der Waals surface area contributed by atoms with Gasteiger partial charge in [-0.3, -0.25) is 9.48 Å². The molecule has 0 aliphatic carbocycles. The average molecular weight is 283 g/mol. The lowest BCUT2D eigenvalue weighted by Gasteiger charge is -2.16. The van der Waals surface area contributed by atoms with Crippen LogP contribution < -0.4 is 11.1 Å². The highest BCUT2D eigenvalue weighted by Crippen LogP contribution is 2.15. The number of anilines is 1. The lowest BCUT2D eigenvalue weighted by molar-refractivity contribution is 0.0938. The summed E-state index contributed by atoms with van der Waals surface area (Å²) in [4.78, 5) is 14.3. The number of nitrogen functional groups attached to an aromatic ring is 1. The summed E-state index contributed by atoms with van der Waals surface area (Å²) in [5.74, 6) is -0.176. The summed E-state index contributed by atoms with van der Waals surface area (Å²) in [5.41, 5.74) is 7.50. The molecule has 1 rings (SSSR count). The molecule has 1 aromatic heterocycles. The summed E-state index contributed by atoms with van der Waals surface area (Å²) in [5, 5.41) is 7.11. The zero-order valence-electron chi connectivity index (χ0n) is 12.8. The zero-order valence-corrected chi connectivity index (χ0v) is 12.8. The monoisotopic (exact) mass is 283 g/mol. The number of nitrogens with zero attached hydrogens (tertiary/aromatic N) is 3. The van der Waals surface area contributed by atoms with E-state index in [9.17, 15) is 4.79 Å². The number of methoxy groups -OCH3 is 1. The number of carbonyl (C=O) groups excluding carboxylic acids is 1. The number of hydrogen-bond acceptors (Lipinski definition) is 5. The molecule has 0 fully saturated rings. The van der Waals surface area contributed by atoms with Gasteiger partial charge in [-0.1, -0.05) is 0 Å². The van der Waals surface area contributed by atoms with Gasteiger partial charge in [0.15, 0.2) is 0 Å². The van der Waals surface area contributed by atoms with Gasteiger partial charge in [-0.15, -0.1) is 0 Å². The number of carbonyl (C=O) groups is 1. The van der Waals surface area contributed by atoms with E-state index < -0.39 is 0 Å². The standard InChI is InChI=1S/C13H25N5O2/c1-5-18-12(11(14)10(2)16-18)13(19)15-6-7-17(3)8-9-20-4/h5-9,14H2,1-4H3,(H,15,19). The first kappa shape index (κ1) is 16.5. The van der Waals surface area contributed by atoms with Gasteiger partial charge in [0.1, 0.15) is 5.69 Å². The van der Waals surface area contributed by atoms with Gasteiger partial charge < -0.3 is 20.7 Å². The van der Waals surface area contributed by atoms with Crippen LogP contribution in [0.3, 0.4) is 0 Å². The SMILES string of the molecule is CCn1nc(C)c(N)c1C(=O)NCCN(C)CCOC. The number of aromatic nitrogens is 2. The summed E-state index contributed by atoms with van der Waals surface area (Å²) in [7, 11) is 3.66. The number of rotatable bonds is 8. The van der Waals surface area contributed by atoms with Gasteiger partial charge in [-0.2, -0.15) is 5.10 Å². The summed E-state index contributed by atoms with van der Waals surface area (Å²) >= 11 is 0. The maximum atomic E-state index is 12.2. The summed E-state index contributed by atoms with van der Waals surface area (Å²) in [6, 6.07) is 0. The third-order valence-electron chi connectivity index (χ3n) is 3.14. The van der Waals surface area contributed by atoms with Crippen LogP contribution in [0.4, 0.5) is 5.69 Å². The molecule has 114 valence electrons. The highest BCUT2D eigenvalue weighted by molar-refractivity contribution is 5.97. The van der Waals surface area contributed by atoms with Crippen molar-refractivity contribution >= 4 is 11.6 Å². The van der Waals surface area contributed by atoms with E-state index in [2.05, 4.69) is 15.3 Å². The Morgan fingerprint density at radius 3 is 2.80 bits per heavy atom. The lowest BCUT2D eigenvalue weighted by Crippen LogP contribution is -2.35. The topological polar surface area (TPSA) is 85.4 Å².